The number of hydrogen-bond donors (Lipinski definition) is 2. The third kappa shape index (κ3) is 6.07. The normalized spacial score (nSPS) is 17.2. The lowest BCUT2D eigenvalue weighted by Crippen LogP contribution is -2.42. The molecule has 8 heteroatoms. The lowest BCUT2D eigenvalue weighted by Gasteiger charge is -2.22. The Morgan fingerprint density at radius 2 is 1.86 bits per heavy atom. The number of nitrogens with zero attached hydrogens (tertiary/aromatic N) is 2. The van der Waals surface area contributed by atoms with Gasteiger partial charge in [-0.1, -0.05) is 24.4 Å². The maximum Gasteiger partial charge on any atom is 0.239 e. The third-order valence-electron chi connectivity index (χ3n) is 5.25. The highest BCUT2D eigenvalue weighted by Gasteiger charge is 2.35. The minimum atomic E-state index is -0.207. The van der Waals surface area contributed by atoms with Crippen LogP contribution in [-0.4, -0.2) is 41.5 Å². The van der Waals surface area contributed by atoms with Gasteiger partial charge in [0, 0.05) is 31.0 Å². The van der Waals surface area contributed by atoms with Crippen LogP contribution in [-0.2, 0) is 14.4 Å². The summed E-state index contributed by atoms with van der Waals surface area (Å²) in [6.45, 7) is 1.79. The summed E-state index contributed by atoms with van der Waals surface area (Å²) >= 11 is 0. The van der Waals surface area contributed by atoms with E-state index < -0.39 is 0 Å². The molecule has 1 heterocycles. The molecule has 0 unspecified atom stereocenters. The van der Waals surface area contributed by atoms with Crippen LogP contribution in [0.15, 0.2) is 10.6 Å². The minimum absolute atomic E-state index is 0.00427. The molecule has 28 heavy (non-hydrogen) atoms. The summed E-state index contributed by atoms with van der Waals surface area (Å²) in [5.74, 6) is 0.825. The van der Waals surface area contributed by atoms with Gasteiger partial charge in [-0.2, -0.15) is 0 Å². The molecule has 0 bridgehead atoms. The number of nitrogens with one attached hydrogen (secondary N) is 2. The van der Waals surface area contributed by atoms with Gasteiger partial charge in [0.25, 0.3) is 0 Å². The zero-order chi connectivity index (χ0) is 19.9. The fraction of sp³-hybridized carbons (Fsp3) is 0.700. The number of carbonyl (C=O) groups is 3. The number of aryl methyl sites for hydroxylation is 1. The Balaban J connectivity index is 1.34. The zero-order valence-corrected chi connectivity index (χ0v) is 16.5. The average Bonchev–Trinajstić information content (AvgIpc) is 3.41. The van der Waals surface area contributed by atoms with Gasteiger partial charge in [0.15, 0.2) is 5.82 Å². The summed E-state index contributed by atoms with van der Waals surface area (Å²) < 4.78 is 5.08. The van der Waals surface area contributed by atoms with Gasteiger partial charge in [0.05, 0.1) is 6.54 Å². The van der Waals surface area contributed by atoms with Gasteiger partial charge in [0.1, 0.15) is 5.76 Å². The summed E-state index contributed by atoms with van der Waals surface area (Å²) in [5, 5.41) is 9.56. The average molecular weight is 390 g/mol. The quantitative estimate of drug-likeness (QED) is 0.673. The molecule has 2 aliphatic rings. The monoisotopic (exact) mass is 390 g/mol. The first-order valence-corrected chi connectivity index (χ1v) is 10.3. The van der Waals surface area contributed by atoms with Crippen LogP contribution in [0, 0.1) is 6.92 Å². The van der Waals surface area contributed by atoms with Crippen LogP contribution in [0.4, 0.5) is 5.82 Å². The molecule has 2 fully saturated rings. The SMILES string of the molecule is Cc1cc(N(C(=O)CCCC(=O)NCC(=O)NC2CCCCC2)C2CC2)no1. The fourth-order valence-electron chi connectivity index (χ4n) is 3.63. The molecule has 8 nitrogen and oxygen atoms in total. The Bertz CT molecular complexity index is 692. The number of carbonyl (C=O) groups excluding carboxylic acids is 3. The van der Waals surface area contributed by atoms with Crippen LogP contribution in [0.25, 0.3) is 0 Å². The number of amides is 3. The second kappa shape index (κ2) is 9.71. The van der Waals surface area contributed by atoms with Crippen molar-refractivity contribution in [1.82, 2.24) is 15.8 Å². The summed E-state index contributed by atoms with van der Waals surface area (Å²) in [7, 11) is 0. The van der Waals surface area contributed by atoms with Crippen molar-refractivity contribution in [2.24, 2.45) is 0 Å². The van der Waals surface area contributed by atoms with Gasteiger partial charge in [-0.05, 0) is 39.0 Å². The Kier molecular flexibility index (Phi) is 7.06. The Morgan fingerprint density at radius 1 is 1.11 bits per heavy atom. The molecule has 0 aliphatic heterocycles. The van der Waals surface area contributed by atoms with Gasteiger partial charge < -0.3 is 15.2 Å². The van der Waals surface area contributed by atoms with Crippen LogP contribution in [0.5, 0.6) is 0 Å². The predicted molar refractivity (Wildman–Crippen MR) is 104 cm³/mol. The third-order valence-corrected chi connectivity index (χ3v) is 5.25. The highest BCUT2D eigenvalue weighted by Crippen LogP contribution is 2.32. The first-order chi connectivity index (χ1) is 13.5. The smallest absolute Gasteiger partial charge is 0.239 e. The molecule has 154 valence electrons. The number of anilines is 1. The van der Waals surface area contributed by atoms with Crippen molar-refractivity contribution in [2.45, 2.75) is 83.2 Å². The molecule has 3 amide bonds. The fourth-order valence-corrected chi connectivity index (χ4v) is 3.63. The van der Waals surface area contributed by atoms with E-state index in [1.54, 1.807) is 17.9 Å². The largest absolute Gasteiger partial charge is 0.360 e. The maximum absolute atomic E-state index is 12.6. The first-order valence-electron chi connectivity index (χ1n) is 10.3. The molecule has 0 atom stereocenters. The summed E-state index contributed by atoms with van der Waals surface area (Å²) in [4.78, 5) is 38.1. The van der Waals surface area contributed by atoms with E-state index in [9.17, 15) is 14.4 Å². The predicted octanol–water partition coefficient (Wildman–Crippen LogP) is 2.21. The van der Waals surface area contributed by atoms with Crippen LogP contribution < -0.4 is 15.5 Å². The van der Waals surface area contributed by atoms with E-state index in [-0.39, 0.29) is 49.2 Å². The van der Waals surface area contributed by atoms with Crippen LogP contribution >= 0.6 is 0 Å². The Labute approximate surface area is 165 Å². The van der Waals surface area contributed by atoms with Crippen molar-refractivity contribution in [1.29, 1.82) is 0 Å². The molecule has 2 N–H and O–H groups in total. The van der Waals surface area contributed by atoms with Crippen molar-refractivity contribution in [3.8, 4) is 0 Å². The standard InChI is InChI=1S/C20H30N4O4/c1-14-12-17(23-28-14)24(16-10-11-16)20(27)9-5-8-18(25)21-13-19(26)22-15-6-3-2-4-7-15/h12,15-16H,2-11,13H2,1H3,(H,21,25)(H,22,26). The second-order valence-corrected chi connectivity index (χ2v) is 7.82. The molecular weight excluding hydrogens is 360 g/mol. The van der Waals surface area contributed by atoms with Crippen LogP contribution in [0.3, 0.4) is 0 Å². The zero-order valence-electron chi connectivity index (χ0n) is 16.5. The molecule has 0 aromatic carbocycles. The number of rotatable bonds is 9. The lowest BCUT2D eigenvalue weighted by molar-refractivity contribution is -0.126. The summed E-state index contributed by atoms with van der Waals surface area (Å²) in [6, 6.07) is 2.19. The topological polar surface area (TPSA) is 105 Å². The molecule has 2 aliphatic carbocycles. The molecule has 0 saturated heterocycles. The van der Waals surface area contributed by atoms with Gasteiger partial charge in [0.2, 0.25) is 17.7 Å². The highest BCUT2D eigenvalue weighted by molar-refractivity contribution is 5.93. The Morgan fingerprint density at radius 3 is 2.50 bits per heavy atom. The molecule has 0 spiro atoms. The first kappa shape index (κ1) is 20.4. The van der Waals surface area contributed by atoms with Crippen molar-refractivity contribution < 1.29 is 18.9 Å². The van der Waals surface area contributed by atoms with Crippen molar-refractivity contribution in [3.05, 3.63) is 11.8 Å². The van der Waals surface area contributed by atoms with Gasteiger partial charge >= 0.3 is 0 Å². The summed E-state index contributed by atoms with van der Waals surface area (Å²) in [5.41, 5.74) is 0. The van der Waals surface area contributed by atoms with Crippen LogP contribution in [0.2, 0.25) is 0 Å². The highest BCUT2D eigenvalue weighted by atomic mass is 16.5. The lowest BCUT2D eigenvalue weighted by atomic mass is 9.95. The molecule has 2 saturated carbocycles. The van der Waals surface area contributed by atoms with E-state index in [0.717, 1.165) is 38.5 Å². The van der Waals surface area contributed by atoms with E-state index in [0.29, 0.717) is 18.0 Å². The van der Waals surface area contributed by atoms with E-state index in [2.05, 4.69) is 15.8 Å². The minimum Gasteiger partial charge on any atom is -0.360 e. The summed E-state index contributed by atoms with van der Waals surface area (Å²) in [6.07, 6.45) is 8.43. The molecule has 3 rings (SSSR count). The van der Waals surface area contributed by atoms with Crippen molar-refractivity contribution in [2.75, 3.05) is 11.4 Å². The van der Waals surface area contributed by atoms with E-state index in [1.165, 1.54) is 6.42 Å². The molecule has 1 aromatic heterocycles. The van der Waals surface area contributed by atoms with Gasteiger partial charge in [-0.25, -0.2) is 0 Å². The Hall–Kier alpha value is -2.38. The van der Waals surface area contributed by atoms with Crippen LogP contribution in [0.1, 0.15) is 70.0 Å². The van der Waals surface area contributed by atoms with Crippen molar-refractivity contribution >= 4 is 23.5 Å². The van der Waals surface area contributed by atoms with Crippen molar-refractivity contribution in [3.63, 3.8) is 0 Å². The molecule has 0 radical (unpaired) electrons. The molecule has 1 aromatic rings. The van der Waals surface area contributed by atoms with E-state index in [4.69, 9.17) is 4.52 Å². The molecular formula is C20H30N4O4. The number of hydrogen-bond acceptors (Lipinski definition) is 5. The van der Waals surface area contributed by atoms with E-state index >= 15 is 0 Å². The van der Waals surface area contributed by atoms with Gasteiger partial charge in [-0.3, -0.25) is 19.3 Å². The van der Waals surface area contributed by atoms with Gasteiger partial charge in [-0.15, -0.1) is 0 Å². The maximum atomic E-state index is 12.6. The number of aromatic nitrogens is 1. The van der Waals surface area contributed by atoms with E-state index in [1.807, 2.05) is 0 Å². The second-order valence-electron chi connectivity index (χ2n) is 7.82.